The van der Waals surface area contributed by atoms with Crippen molar-refractivity contribution in [2.75, 3.05) is 26.2 Å². The second kappa shape index (κ2) is 10.1. The number of hydrogen-bond acceptors (Lipinski definition) is 3. The van der Waals surface area contributed by atoms with Gasteiger partial charge in [-0.15, -0.1) is 0 Å². The lowest BCUT2D eigenvalue weighted by molar-refractivity contribution is -0.140. The summed E-state index contributed by atoms with van der Waals surface area (Å²) in [4.78, 5) is 24.3. The fraction of sp³-hybridized carbons (Fsp3) is 0.545. The fourth-order valence-electron chi connectivity index (χ4n) is 3.94. The molecule has 1 aliphatic carbocycles. The minimum atomic E-state index is -4.40. The van der Waals surface area contributed by atoms with Gasteiger partial charge >= 0.3 is 12.3 Å². The highest BCUT2D eigenvalue weighted by Gasteiger charge is 2.30. The number of nitrogens with zero attached hydrogens (tertiary/aromatic N) is 1. The summed E-state index contributed by atoms with van der Waals surface area (Å²) in [6.45, 7) is 0.320. The average molecular weight is 440 g/mol. The molecule has 9 heteroatoms. The Hall–Kier alpha value is -2.71. The molecule has 31 heavy (non-hydrogen) atoms. The molecule has 3 rings (SSSR count). The Morgan fingerprint density at radius 3 is 2.35 bits per heavy atom. The highest BCUT2D eigenvalue weighted by Crippen LogP contribution is 2.31. The molecular weight excluding hydrogens is 413 g/mol. The summed E-state index contributed by atoms with van der Waals surface area (Å²) in [6, 6.07) is 7.64. The number of piperidine rings is 1. The summed E-state index contributed by atoms with van der Waals surface area (Å²) < 4.78 is 42.6. The summed E-state index contributed by atoms with van der Waals surface area (Å²) in [6.07, 6.45) is -0.204. The molecule has 170 valence electrons. The van der Waals surface area contributed by atoms with Crippen molar-refractivity contribution >= 4 is 17.6 Å². The lowest BCUT2D eigenvalue weighted by Crippen LogP contribution is -2.38. The van der Waals surface area contributed by atoms with E-state index in [1.165, 1.54) is 4.90 Å². The molecule has 1 saturated heterocycles. The largest absolute Gasteiger partial charge is 0.493 e. The normalized spacial score (nSPS) is 20.2. The lowest BCUT2D eigenvalue weighted by Gasteiger charge is -2.29. The Balaban J connectivity index is 1.44. The summed E-state index contributed by atoms with van der Waals surface area (Å²) in [5, 5.41) is 11.0. The molecule has 0 saturated carbocycles. The summed E-state index contributed by atoms with van der Waals surface area (Å²) >= 11 is 0. The van der Waals surface area contributed by atoms with Crippen molar-refractivity contribution in [3.05, 3.63) is 35.9 Å². The zero-order valence-electron chi connectivity index (χ0n) is 17.2. The number of ether oxygens (including phenoxy) is 1. The number of halogens is 3. The van der Waals surface area contributed by atoms with Crippen molar-refractivity contribution in [3.63, 3.8) is 0 Å². The number of rotatable bonds is 6. The molecular formula is C22H27F3N2O4. The first-order chi connectivity index (χ1) is 14.7. The maximum Gasteiger partial charge on any atom is 0.407 e. The molecule has 1 aromatic rings. The van der Waals surface area contributed by atoms with Gasteiger partial charge in [0, 0.05) is 19.0 Å². The van der Waals surface area contributed by atoms with Gasteiger partial charge in [-0.25, -0.2) is 4.79 Å². The monoisotopic (exact) mass is 440 g/mol. The first-order valence-electron chi connectivity index (χ1n) is 10.5. The minimum absolute atomic E-state index is 0.330. The van der Waals surface area contributed by atoms with Gasteiger partial charge in [-0.3, -0.25) is 4.79 Å². The third-order valence-electron chi connectivity index (χ3n) is 5.84. The first-order valence-corrected chi connectivity index (χ1v) is 10.5. The van der Waals surface area contributed by atoms with Crippen molar-refractivity contribution in [3.8, 4) is 5.75 Å². The fourth-order valence-corrected chi connectivity index (χ4v) is 3.94. The van der Waals surface area contributed by atoms with Crippen LogP contribution in [0.3, 0.4) is 0 Å². The predicted octanol–water partition coefficient (Wildman–Crippen LogP) is 4.32. The molecule has 2 N–H and O–H groups in total. The smallest absolute Gasteiger partial charge is 0.407 e. The molecule has 1 aliphatic heterocycles. The summed E-state index contributed by atoms with van der Waals surface area (Å²) in [5.41, 5.74) is 2.09. The Kier molecular flexibility index (Phi) is 7.46. The van der Waals surface area contributed by atoms with Crippen LogP contribution in [0.5, 0.6) is 5.75 Å². The topological polar surface area (TPSA) is 78.9 Å². The third-order valence-corrected chi connectivity index (χ3v) is 5.84. The van der Waals surface area contributed by atoms with Gasteiger partial charge in [0.1, 0.15) is 12.3 Å². The number of carbonyl (C=O) groups excluding carboxylic acids is 1. The predicted molar refractivity (Wildman–Crippen MR) is 109 cm³/mol. The molecule has 0 aromatic heterocycles. The highest BCUT2D eigenvalue weighted by molar-refractivity contribution is 5.80. The number of benzene rings is 1. The first kappa shape index (κ1) is 23.0. The highest BCUT2D eigenvalue weighted by atomic mass is 19.4. The SMILES string of the molecule is O=C(NCC(F)(F)F)C1CC=C(c2ccc(OCC3CCN(C(=O)O)CC3)cc2)CC1. The van der Waals surface area contributed by atoms with E-state index in [2.05, 4.69) is 0 Å². The van der Waals surface area contributed by atoms with Crippen LogP contribution in [0.2, 0.25) is 0 Å². The van der Waals surface area contributed by atoms with E-state index in [9.17, 15) is 22.8 Å². The molecule has 1 unspecified atom stereocenters. The number of hydrogen-bond donors (Lipinski definition) is 2. The number of allylic oxidation sites excluding steroid dienone is 2. The van der Waals surface area contributed by atoms with Crippen LogP contribution >= 0.6 is 0 Å². The van der Waals surface area contributed by atoms with Crippen molar-refractivity contribution in [2.24, 2.45) is 11.8 Å². The average Bonchev–Trinajstić information content (AvgIpc) is 2.76. The standard InChI is InChI=1S/C22H27F3N2O4/c23-22(24,25)14-26-20(28)18-3-1-16(2-4-18)17-5-7-19(8-6-17)31-13-15-9-11-27(12-10-15)21(29)30/h1,5-8,15,18H,2-4,9-14H2,(H,26,28)(H,29,30). The Labute approximate surface area is 179 Å². The molecule has 6 nitrogen and oxygen atoms in total. The van der Waals surface area contributed by atoms with Crippen molar-refractivity contribution in [1.29, 1.82) is 0 Å². The zero-order chi connectivity index (χ0) is 22.4. The van der Waals surface area contributed by atoms with E-state index >= 15 is 0 Å². The van der Waals surface area contributed by atoms with Crippen LogP contribution in [-0.2, 0) is 4.79 Å². The van der Waals surface area contributed by atoms with Gasteiger partial charge < -0.3 is 20.1 Å². The molecule has 2 amide bonds. The van der Waals surface area contributed by atoms with Crippen LogP contribution in [0.1, 0.15) is 37.7 Å². The van der Waals surface area contributed by atoms with E-state index in [0.29, 0.717) is 44.9 Å². The molecule has 0 spiro atoms. The molecule has 1 aromatic carbocycles. The maximum atomic E-state index is 12.2. The van der Waals surface area contributed by atoms with E-state index in [4.69, 9.17) is 9.84 Å². The van der Waals surface area contributed by atoms with E-state index in [-0.39, 0.29) is 0 Å². The van der Waals surface area contributed by atoms with Gasteiger partial charge in [0.25, 0.3) is 0 Å². The number of likely N-dealkylation sites (tertiary alicyclic amines) is 1. The Morgan fingerprint density at radius 2 is 1.81 bits per heavy atom. The number of alkyl halides is 3. The Morgan fingerprint density at radius 1 is 1.13 bits per heavy atom. The van der Waals surface area contributed by atoms with Crippen molar-refractivity contribution in [1.82, 2.24) is 10.2 Å². The van der Waals surface area contributed by atoms with Crippen LogP contribution in [-0.4, -0.2) is 54.4 Å². The van der Waals surface area contributed by atoms with E-state index < -0.39 is 30.6 Å². The molecule has 2 aliphatic rings. The van der Waals surface area contributed by atoms with Crippen LogP contribution < -0.4 is 10.1 Å². The van der Waals surface area contributed by atoms with E-state index in [1.54, 1.807) is 0 Å². The number of carbonyl (C=O) groups is 2. The number of carboxylic acid groups (broad SMARTS) is 1. The maximum absolute atomic E-state index is 12.2. The number of nitrogens with one attached hydrogen (secondary N) is 1. The summed E-state index contributed by atoms with van der Waals surface area (Å²) in [5.74, 6) is 0.0915. The lowest BCUT2D eigenvalue weighted by atomic mass is 9.86. The van der Waals surface area contributed by atoms with Gasteiger partial charge in [0.05, 0.1) is 6.61 Å². The molecule has 1 atom stereocenters. The third kappa shape index (κ3) is 6.90. The van der Waals surface area contributed by atoms with E-state index in [1.807, 2.05) is 35.7 Å². The van der Waals surface area contributed by atoms with Crippen LogP contribution in [0.4, 0.5) is 18.0 Å². The van der Waals surface area contributed by atoms with Gasteiger partial charge in [-0.2, -0.15) is 13.2 Å². The minimum Gasteiger partial charge on any atom is -0.493 e. The van der Waals surface area contributed by atoms with Crippen molar-refractivity contribution < 1.29 is 32.6 Å². The molecule has 0 bridgehead atoms. The summed E-state index contributed by atoms with van der Waals surface area (Å²) in [7, 11) is 0. The van der Waals surface area contributed by atoms with Crippen LogP contribution in [0.15, 0.2) is 30.3 Å². The second-order valence-corrected chi connectivity index (χ2v) is 8.08. The molecule has 1 fully saturated rings. The van der Waals surface area contributed by atoms with Crippen LogP contribution in [0, 0.1) is 11.8 Å². The quantitative estimate of drug-likeness (QED) is 0.691. The van der Waals surface area contributed by atoms with Gasteiger partial charge in [0.2, 0.25) is 5.91 Å². The van der Waals surface area contributed by atoms with Gasteiger partial charge in [0.15, 0.2) is 0 Å². The second-order valence-electron chi connectivity index (χ2n) is 8.08. The van der Waals surface area contributed by atoms with E-state index in [0.717, 1.165) is 29.7 Å². The molecule has 1 heterocycles. The van der Waals surface area contributed by atoms with Crippen LogP contribution in [0.25, 0.3) is 5.57 Å². The van der Waals surface area contributed by atoms with Gasteiger partial charge in [-0.1, -0.05) is 18.2 Å². The zero-order valence-corrected chi connectivity index (χ0v) is 17.2. The Bertz CT molecular complexity index is 800. The molecule has 0 radical (unpaired) electrons. The number of amides is 2. The van der Waals surface area contributed by atoms with Gasteiger partial charge in [-0.05, 0) is 61.3 Å². The van der Waals surface area contributed by atoms with Crippen molar-refractivity contribution in [2.45, 2.75) is 38.3 Å².